The topological polar surface area (TPSA) is 52.7 Å². The minimum atomic E-state index is -0.114. The fourth-order valence-corrected chi connectivity index (χ4v) is 2.57. The highest BCUT2D eigenvalue weighted by Gasteiger charge is 2.25. The van der Waals surface area contributed by atoms with Crippen LogP contribution in [0.1, 0.15) is 50.2 Å². The standard InChI is InChI=1S/C14H17ClN4O/c1-9(2)14-17-12(15)5-13(20)18(14)7-11-6-16-8-19(11)10-3-4-10/h5-6,8-10H,3-4,7H2,1-2H3. The summed E-state index contributed by atoms with van der Waals surface area (Å²) in [5.41, 5.74) is 0.929. The molecule has 20 heavy (non-hydrogen) atoms. The van der Waals surface area contributed by atoms with Gasteiger partial charge < -0.3 is 4.57 Å². The molecule has 0 aromatic carbocycles. The predicted octanol–water partition coefficient (Wildman–Crippen LogP) is 2.60. The molecule has 0 radical (unpaired) electrons. The van der Waals surface area contributed by atoms with Gasteiger partial charge in [-0.1, -0.05) is 25.4 Å². The van der Waals surface area contributed by atoms with Crippen molar-refractivity contribution < 1.29 is 0 Å². The summed E-state index contributed by atoms with van der Waals surface area (Å²) in [4.78, 5) is 20.7. The molecule has 0 unspecified atom stereocenters. The van der Waals surface area contributed by atoms with E-state index in [0.29, 0.717) is 18.4 Å². The van der Waals surface area contributed by atoms with Crippen LogP contribution in [0.4, 0.5) is 0 Å². The van der Waals surface area contributed by atoms with Crippen LogP contribution in [-0.4, -0.2) is 19.1 Å². The molecular formula is C14H17ClN4O. The minimum Gasteiger partial charge on any atom is -0.330 e. The molecule has 1 aliphatic carbocycles. The van der Waals surface area contributed by atoms with Crippen molar-refractivity contribution in [3.63, 3.8) is 0 Å². The molecule has 0 bridgehead atoms. The number of halogens is 1. The third kappa shape index (κ3) is 2.50. The summed E-state index contributed by atoms with van der Waals surface area (Å²) < 4.78 is 3.84. The zero-order valence-corrected chi connectivity index (χ0v) is 12.3. The molecule has 5 nitrogen and oxygen atoms in total. The van der Waals surface area contributed by atoms with Crippen molar-refractivity contribution in [2.24, 2.45) is 0 Å². The van der Waals surface area contributed by atoms with Crippen molar-refractivity contribution in [1.29, 1.82) is 0 Å². The van der Waals surface area contributed by atoms with Crippen LogP contribution in [0.25, 0.3) is 0 Å². The van der Waals surface area contributed by atoms with Crippen molar-refractivity contribution in [2.75, 3.05) is 0 Å². The number of rotatable bonds is 4. The Kier molecular flexibility index (Phi) is 3.38. The molecule has 0 saturated heterocycles. The number of aromatic nitrogens is 4. The minimum absolute atomic E-state index is 0.114. The molecule has 6 heteroatoms. The second-order valence-corrected chi connectivity index (χ2v) is 5.93. The van der Waals surface area contributed by atoms with E-state index in [1.807, 2.05) is 26.4 Å². The average Bonchev–Trinajstić information content (AvgIpc) is 3.12. The van der Waals surface area contributed by atoms with E-state index in [1.165, 1.54) is 18.9 Å². The molecule has 3 rings (SSSR count). The summed E-state index contributed by atoms with van der Waals surface area (Å²) in [6, 6.07) is 1.91. The molecule has 106 valence electrons. The summed E-state index contributed by atoms with van der Waals surface area (Å²) in [5.74, 6) is 0.852. The molecule has 0 aliphatic heterocycles. The zero-order valence-electron chi connectivity index (χ0n) is 11.6. The summed E-state index contributed by atoms with van der Waals surface area (Å²) >= 11 is 5.90. The van der Waals surface area contributed by atoms with Crippen LogP contribution in [0, 0.1) is 0 Å². The van der Waals surface area contributed by atoms with Gasteiger partial charge in [-0.15, -0.1) is 0 Å². The van der Waals surface area contributed by atoms with Crippen LogP contribution in [0.2, 0.25) is 5.15 Å². The van der Waals surface area contributed by atoms with E-state index in [-0.39, 0.29) is 16.6 Å². The van der Waals surface area contributed by atoms with Crippen LogP contribution in [-0.2, 0) is 6.54 Å². The molecule has 2 heterocycles. The van der Waals surface area contributed by atoms with E-state index in [1.54, 1.807) is 4.57 Å². The third-order valence-corrected chi connectivity index (χ3v) is 3.72. The van der Waals surface area contributed by atoms with Gasteiger partial charge >= 0.3 is 0 Å². The maximum Gasteiger partial charge on any atom is 0.255 e. The zero-order chi connectivity index (χ0) is 14.3. The van der Waals surface area contributed by atoms with E-state index in [0.717, 1.165) is 5.69 Å². The largest absolute Gasteiger partial charge is 0.330 e. The van der Waals surface area contributed by atoms with Gasteiger partial charge in [0.15, 0.2) is 0 Å². The first kappa shape index (κ1) is 13.4. The second-order valence-electron chi connectivity index (χ2n) is 5.54. The Bertz CT molecular complexity index is 685. The van der Waals surface area contributed by atoms with Gasteiger partial charge in [0, 0.05) is 24.2 Å². The SMILES string of the molecule is CC(C)c1nc(Cl)cc(=O)n1Cc1cncn1C1CC1. The Morgan fingerprint density at radius 2 is 2.20 bits per heavy atom. The van der Waals surface area contributed by atoms with Gasteiger partial charge in [-0.2, -0.15) is 0 Å². The summed E-state index contributed by atoms with van der Waals surface area (Å²) in [6.07, 6.45) is 6.04. The number of hydrogen-bond acceptors (Lipinski definition) is 3. The first-order chi connectivity index (χ1) is 9.56. The lowest BCUT2D eigenvalue weighted by molar-refractivity contribution is 0.588. The van der Waals surface area contributed by atoms with Gasteiger partial charge in [-0.05, 0) is 12.8 Å². The van der Waals surface area contributed by atoms with Crippen LogP contribution in [0.15, 0.2) is 23.4 Å². The predicted molar refractivity (Wildman–Crippen MR) is 77.2 cm³/mol. The lowest BCUT2D eigenvalue weighted by atomic mass is 10.2. The molecule has 1 aliphatic rings. The lowest BCUT2D eigenvalue weighted by Crippen LogP contribution is -2.26. The van der Waals surface area contributed by atoms with Crippen LogP contribution in [0.3, 0.4) is 0 Å². The average molecular weight is 293 g/mol. The van der Waals surface area contributed by atoms with Crippen LogP contribution in [0.5, 0.6) is 0 Å². The highest BCUT2D eigenvalue weighted by molar-refractivity contribution is 6.29. The molecule has 1 saturated carbocycles. The highest BCUT2D eigenvalue weighted by Crippen LogP contribution is 2.35. The van der Waals surface area contributed by atoms with Crippen molar-refractivity contribution in [1.82, 2.24) is 19.1 Å². The first-order valence-corrected chi connectivity index (χ1v) is 7.22. The Labute approximate surface area is 122 Å². The van der Waals surface area contributed by atoms with Crippen molar-refractivity contribution >= 4 is 11.6 Å². The summed E-state index contributed by atoms with van der Waals surface area (Å²) in [5, 5.41) is 0.255. The number of hydrogen-bond donors (Lipinski definition) is 0. The van der Waals surface area contributed by atoms with Crippen molar-refractivity contribution in [3.8, 4) is 0 Å². The molecule has 2 aromatic rings. The van der Waals surface area contributed by atoms with E-state index in [2.05, 4.69) is 14.5 Å². The van der Waals surface area contributed by atoms with Crippen LogP contribution < -0.4 is 5.56 Å². The summed E-state index contributed by atoms with van der Waals surface area (Å²) in [6.45, 7) is 4.51. The summed E-state index contributed by atoms with van der Waals surface area (Å²) in [7, 11) is 0. The number of nitrogens with zero attached hydrogens (tertiary/aromatic N) is 4. The van der Waals surface area contributed by atoms with Gasteiger partial charge in [-0.3, -0.25) is 9.36 Å². The molecule has 0 N–H and O–H groups in total. The van der Waals surface area contributed by atoms with Gasteiger partial charge in [0.1, 0.15) is 11.0 Å². The van der Waals surface area contributed by atoms with Crippen molar-refractivity contribution in [2.45, 2.75) is 45.2 Å². The van der Waals surface area contributed by atoms with Gasteiger partial charge in [-0.25, -0.2) is 9.97 Å². The van der Waals surface area contributed by atoms with E-state index >= 15 is 0 Å². The van der Waals surface area contributed by atoms with E-state index < -0.39 is 0 Å². The Morgan fingerprint density at radius 3 is 2.85 bits per heavy atom. The normalized spacial score (nSPS) is 15.0. The number of imidazole rings is 1. The first-order valence-electron chi connectivity index (χ1n) is 6.84. The van der Waals surface area contributed by atoms with E-state index in [4.69, 9.17) is 11.6 Å². The molecular weight excluding hydrogens is 276 g/mol. The lowest BCUT2D eigenvalue weighted by Gasteiger charge is -2.15. The Balaban J connectivity index is 2.01. The Hall–Kier alpha value is -1.62. The molecule has 0 atom stereocenters. The maximum absolute atomic E-state index is 12.2. The Morgan fingerprint density at radius 1 is 1.45 bits per heavy atom. The molecule has 1 fully saturated rings. The third-order valence-electron chi connectivity index (χ3n) is 3.53. The quantitative estimate of drug-likeness (QED) is 0.814. The molecule has 0 spiro atoms. The van der Waals surface area contributed by atoms with Crippen molar-refractivity contribution in [3.05, 3.63) is 45.6 Å². The van der Waals surface area contributed by atoms with Gasteiger partial charge in [0.05, 0.1) is 18.6 Å². The van der Waals surface area contributed by atoms with E-state index in [9.17, 15) is 4.79 Å². The molecule has 0 amide bonds. The van der Waals surface area contributed by atoms with Gasteiger partial charge in [0.2, 0.25) is 0 Å². The molecule has 2 aromatic heterocycles. The fourth-order valence-electron chi connectivity index (χ4n) is 2.39. The van der Waals surface area contributed by atoms with Crippen LogP contribution >= 0.6 is 11.6 Å². The highest BCUT2D eigenvalue weighted by atomic mass is 35.5. The van der Waals surface area contributed by atoms with Gasteiger partial charge in [0.25, 0.3) is 5.56 Å². The monoisotopic (exact) mass is 292 g/mol. The maximum atomic E-state index is 12.2. The second kappa shape index (κ2) is 5.05. The smallest absolute Gasteiger partial charge is 0.255 e. The fraction of sp³-hybridized carbons (Fsp3) is 0.500.